The lowest BCUT2D eigenvalue weighted by Crippen LogP contribution is -2.36. The second-order valence-electron chi connectivity index (χ2n) is 6.52. The average Bonchev–Trinajstić information content (AvgIpc) is 3.20. The molecule has 2 aromatic carbocycles. The van der Waals surface area contributed by atoms with Gasteiger partial charge in [-0.3, -0.25) is 4.79 Å². The van der Waals surface area contributed by atoms with Gasteiger partial charge in [-0.15, -0.1) is 0 Å². The standard InChI is InChI=1S/C20H17N3O4/c1-27-15-6-3-12(4-7-15)16-10-14(5-2-13(16)11-21)23-19(25)18-17(24)8-9-22(18)20(23)26/h2-7,10,17-18,24H,8-9H2,1H3/t17?,18-/m0/s1. The van der Waals surface area contributed by atoms with E-state index < -0.39 is 24.1 Å². The fraction of sp³-hybridized carbons (Fsp3) is 0.250. The Bertz CT molecular complexity index is 964. The lowest BCUT2D eigenvalue weighted by molar-refractivity contribution is -0.121. The Labute approximate surface area is 156 Å². The number of hydrogen-bond donors (Lipinski definition) is 1. The molecule has 136 valence electrons. The minimum Gasteiger partial charge on any atom is -0.497 e. The van der Waals surface area contributed by atoms with Crippen molar-refractivity contribution < 1.29 is 19.4 Å². The summed E-state index contributed by atoms with van der Waals surface area (Å²) in [5.41, 5.74) is 2.21. The van der Waals surface area contributed by atoms with Gasteiger partial charge in [0, 0.05) is 12.1 Å². The molecule has 0 saturated carbocycles. The molecule has 2 heterocycles. The Morgan fingerprint density at radius 2 is 1.93 bits per heavy atom. The molecule has 0 aromatic heterocycles. The molecule has 2 saturated heterocycles. The smallest absolute Gasteiger partial charge is 0.332 e. The summed E-state index contributed by atoms with van der Waals surface area (Å²) in [5, 5.41) is 19.5. The molecule has 7 nitrogen and oxygen atoms in total. The number of amides is 3. The van der Waals surface area contributed by atoms with Gasteiger partial charge in [-0.05, 0) is 42.3 Å². The second-order valence-corrected chi connectivity index (χ2v) is 6.52. The van der Waals surface area contributed by atoms with Gasteiger partial charge < -0.3 is 14.7 Å². The molecule has 7 heteroatoms. The van der Waals surface area contributed by atoms with Crippen LogP contribution in [-0.4, -0.2) is 47.7 Å². The zero-order valence-corrected chi connectivity index (χ0v) is 14.6. The maximum atomic E-state index is 12.7. The minimum atomic E-state index is -0.842. The molecule has 2 fully saturated rings. The first-order chi connectivity index (χ1) is 13.0. The molecule has 2 aromatic rings. The molecule has 2 atom stereocenters. The fourth-order valence-electron chi connectivity index (χ4n) is 3.66. The van der Waals surface area contributed by atoms with E-state index in [9.17, 15) is 20.0 Å². The summed E-state index contributed by atoms with van der Waals surface area (Å²) in [6.07, 6.45) is -0.439. The third-order valence-electron chi connectivity index (χ3n) is 5.06. The summed E-state index contributed by atoms with van der Waals surface area (Å²) in [4.78, 5) is 27.9. The van der Waals surface area contributed by atoms with E-state index >= 15 is 0 Å². The number of aliphatic hydroxyl groups is 1. The number of imide groups is 1. The van der Waals surface area contributed by atoms with Crippen molar-refractivity contribution in [2.75, 3.05) is 18.6 Å². The third-order valence-corrected chi connectivity index (χ3v) is 5.06. The Morgan fingerprint density at radius 1 is 1.19 bits per heavy atom. The lowest BCUT2D eigenvalue weighted by atomic mass is 9.99. The van der Waals surface area contributed by atoms with Crippen LogP contribution >= 0.6 is 0 Å². The summed E-state index contributed by atoms with van der Waals surface area (Å²) in [6, 6.07) is 12.9. The predicted octanol–water partition coefficient (Wildman–Crippen LogP) is 2.14. The Hall–Kier alpha value is -3.37. The Kier molecular flexibility index (Phi) is 4.05. The monoisotopic (exact) mass is 363 g/mol. The quantitative estimate of drug-likeness (QED) is 0.843. The molecule has 3 amide bonds. The van der Waals surface area contributed by atoms with Crippen molar-refractivity contribution in [2.24, 2.45) is 0 Å². The van der Waals surface area contributed by atoms with Crippen molar-refractivity contribution in [1.29, 1.82) is 5.26 Å². The number of rotatable bonds is 3. The number of benzene rings is 2. The number of nitriles is 1. The first-order valence-electron chi connectivity index (χ1n) is 8.56. The van der Waals surface area contributed by atoms with Crippen LogP contribution < -0.4 is 9.64 Å². The summed E-state index contributed by atoms with van der Waals surface area (Å²) in [7, 11) is 1.57. The molecule has 1 N–H and O–H groups in total. The van der Waals surface area contributed by atoms with Gasteiger partial charge in [-0.25, -0.2) is 9.69 Å². The molecular formula is C20H17N3O4. The zero-order chi connectivity index (χ0) is 19.1. The van der Waals surface area contributed by atoms with Crippen LogP contribution in [0.25, 0.3) is 11.1 Å². The summed E-state index contributed by atoms with van der Waals surface area (Å²) in [5.74, 6) is 0.253. The van der Waals surface area contributed by atoms with Crippen LogP contribution in [0.4, 0.5) is 10.5 Å². The number of aliphatic hydroxyl groups excluding tert-OH is 1. The van der Waals surface area contributed by atoms with Crippen LogP contribution in [0.2, 0.25) is 0 Å². The number of anilines is 1. The Balaban J connectivity index is 1.76. The molecule has 0 bridgehead atoms. The first-order valence-corrected chi connectivity index (χ1v) is 8.56. The van der Waals surface area contributed by atoms with Gasteiger partial charge in [0.1, 0.15) is 11.8 Å². The van der Waals surface area contributed by atoms with Gasteiger partial charge >= 0.3 is 6.03 Å². The minimum absolute atomic E-state index is 0.356. The van der Waals surface area contributed by atoms with Crippen LogP contribution in [0.3, 0.4) is 0 Å². The topological polar surface area (TPSA) is 93.9 Å². The number of urea groups is 1. The first kappa shape index (κ1) is 17.1. The maximum Gasteiger partial charge on any atom is 0.332 e. The molecular weight excluding hydrogens is 346 g/mol. The van der Waals surface area contributed by atoms with Crippen LogP contribution in [0.1, 0.15) is 12.0 Å². The number of carbonyl (C=O) groups excluding carboxylic acids is 2. The molecule has 0 spiro atoms. The van der Waals surface area contributed by atoms with Gasteiger partial charge in [-0.1, -0.05) is 12.1 Å². The number of nitrogens with zero attached hydrogens (tertiary/aromatic N) is 3. The van der Waals surface area contributed by atoms with Gasteiger partial charge in [0.05, 0.1) is 30.5 Å². The van der Waals surface area contributed by atoms with Crippen molar-refractivity contribution in [1.82, 2.24) is 4.90 Å². The highest BCUT2D eigenvalue weighted by Crippen LogP contribution is 2.35. The van der Waals surface area contributed by atoms with Crippen molar-refractivity contribution in [3.63, 3.8) is 0 Å². The molecule has 27 heavy (non-hydrogen) atoms. The zero-order valence-electron chi connectivity index (χ0n) is 14.6. The van der Waals surface area contributed by atoms with Crippen LogP contribution in [-0.2, 0) is 4.79 Å². The highest BCUT2D eigenvalue weighted by Gasteiger charge is 2.52. The number of ether oxygens (including phenoxy) is 1. The second kappa shape index (κ2) is 6.41. The van der Waals surface area contributed by atoms with E-state index in [0.29, 0.717) is 35.5 Å². The van der Waals surface area contributed by atoms with Crippen LogP contribution in [0.5, 0.6) is 5.75 Å². The molecule has 2 aliphatic rings. The average molecular weight is 363 g/mol. The van der Waals surface area contributed by atoms with Crippen molar-refractivity contribution >= 4 is 17.6 Å². The molecule has 1 unspecified atom stereocenters. The van der Waals surface area contributed by atoms with Gasteiger partial charge in [0.15, 0.2) is 0 Å². The van der Waals surface area contributed by atoms with Crippen LogP contribution in [0.15, 0.2) is 42.5 Å². The summed E-state index contributed by atoms with van der Waals surface area (Å²) >= 11 is 0. The third kappa shape index (κ3) is 2.62. The normalized spacial score (nSPS) is 21.4. The van der Waals surface area contributed by atoms with E-state index in [2.05, 4.69) is 6.07 Å². The molecule has 0 aliphatic carbocycles. The van der Waals surface area contributed by atoms with Crippen molar-refractivity contribution in [2.45, 2.75) is 18.6 Å². The van der Waals surface area contributed by atoms with E-state index in [4.69, 9.17) is 4.74 Å². The number of hydrogen-bond acceptors (Lipinski definition) is 5. The number of methoxy groups -OCH3 is 1. The molecule has 4 rings (SSSR count). The fourth-order valence-corrected chi connectivity index (χ4v) is 3.66. The van der Waals surface area contributed by atoms with E-state index in [1.54, 1.807) is 37.4 Å². The lowest BCUT2D eigenvalue weighted by Gasteiger charge is -2.17. The van der Waals surface area contributed by atoms with Gasteiger partial charge in [0.25, 0.3) is 5.91 Å². The van der Waals surface area contributed by atoms with E-state index in [1.807, 2.05) is 12.1 Å². The number of carbonyl (C=O) groups is 2. The summed E-state index contributed by atoms with van der Waals surface area (Å²) in [6.45, 7) is 0.356. The Morgan fingerprint density at radius 3 is 2.56 bits per heavy atom. The summed E-state index contributed by atoms with van der Waals surface area (Å²) < 4.78 is 5.16. The van der Waals surface area contributed by atoms with Gasteiger partial charge in [-0.2, -0.15) is 5.26 Å². The molecule has 2 aliphatic heterocycles. The number of fused-ring (bicyclic) bond motifs is 1. The highest BCUT2D eigenvalue weighted by molar-refractivity contribution is 6.22. The van der Waals surface area contributed by atoms with E-state index in [-0.39, 0.29) is 0 Å². The van der Waals surface area contributed by atoms with E-state index in [1.165, 1.54) is 4.90 Å². The molecule has 0 radical (unpaired) electrons. The van der Waals surface area contributed by atoms with Crippen molar-refractivity contribution in [3.05, 3.63) is 48.0 Å². The van der Waals surface area contributed by atoms with Gasteiger partial charge in [0.2, 0.25) is 0 Å². The predicted molar refractivity (Wildman–Crippen MR) is 97.1 cm³/mol. The largest absolute Gasteiger partial charge is 0.497 e. The SMILES string of the molecule is COc1ccc(-c2cc(N3C(=O)[C@@H]4C(O)CCN4C3=O)ccc2C#N)cc1. The highest BCUT2D eigenvalue weighted by atomic mass is 16.5. The van der Waals surface area contributed by atoms with Crippen LogP contribution in [0, 0.1) is 11.3 Å². The van der Waals surface area contributed by atoms with E-state index in [0.717, 1.165) is 10.5 Å². The maximum absolute atomic E-state index is 12.7. The van der Waals surface area contributed by atoms with Crippen molar-refractivity contribution in [3.8, 4) is 22.9 Å².